The Morgan fingerprint density at radius 3 is 2.47 bits per heavy atom. The summed E-state index contributed by atoms with van der Waals surface area (Å²) in [6.07, 6.45) is 0.196. The lowest BCUT2D eigenvalue weighted by molar-refractivity contribution is -0.140. The van der Waals surface area contributed by atoms with E-state index in [9.17, 15) is 36.0 Å². The van der Waals surface area contributed by atoms with Crippen molar-refractivity contribution in [3.05, 3.63) is 11.1 Å². The van der Waals surface area contributed by atoms with Gasteiger partial charge in [-0.15, -0.1) is 0 Å². The molecule has 4 rings (SSSR count). The van der Waals surface area contributed by atoms with Gasteiger partial charge in [-0.25, -0.2) is 14.0 Å². The van der Waals surface area contributed by atoms with Crippen molar-refractivity contribution < 1.29 is 59.2 Å². The largest absolute Gasteiger partial charge is 0.459 e. The molecule has 1 N–H and O–H groups in total. The van der Waals surface area contributed by atoms with Gasteiger partial charge in [0, 0.05) is 0 Å². The average molecular weight is 480 g/mol. The van der Waals surface area contributed by atoms with E-state index in [1.165, 1.54) is 0 Å². The number of halogens is 3. The third kappa shape index (κ3) is 3.46. The van der Waals surface area contributed by atoms with E-state index >= 15 is 0 Å². The summed E-state index contributed by atoms with van der Waals surface area (Å²) in [6.45, 7) is -1.77. The van der Waals surface area contributed by atoms with E-state index in [4.69, 9.17) is 18.4 Å². The standard InChI is InChI=1S/C18H15F3O10S/c19-8(18(20,21)32(25,26)27)6-28-16(23)9-10-12-14(31-17(10)24)13(11(9)29-12)30-15(22)7-4-2-1-3-5-7/h7-8H,1-6H2,(H,25,26,27). The summed E-state index contributed by atoms with van der Waals surface area (Å²) in [7, 11) is -6.11. The molecular formula is C18H15F3O10S. The molecule has 0 saturated heterocycles. The van der Waals surface area contributed by atoms with Crippen LogP contribution in [-0.4, -0.2) is 48.9 Å². The van der Waals surface area contributed by atoms with Gasteiger partial charge in [-0.3, -0.25) is 9.35 Å². The SMILES string of the molecule is O=C1Oc2c(OC(=O)C3CCCCC3)c3oc2c1c3C(=O)OCC(F)C(F)(F)S(=O)(=O)O. The highest BCUT2D eigenvalue weighted by Crippen LogP contribution is 2.52. The van der Waals surface area contributed by atoms with E-state index in [0.717, 1.165) is 19.3 Å². The van der Waals surface area contributed by atoms with Gasteiger partial charge in [-0.2, -0.15) is 17.2 Å². The van der Waals surface area contributed by atoms with Crippen LogP contribution in [0.1, 0.15) is 52.8 Å². The van der Waals surface area contributed by atoms with Gasteiger partial charge >= 0.3 is 33.3 Å². The Labute approximate surface area is 177 Å². The topological polar surface area (TPSA) is 146 Å². The van der Waals surface area contributed by atoms with Crippen LogP contribution in [0.2, 0.25) is 0 Å². The molecule has 1 aliphatic heterocycles. The number of carbonyl (C=O) groups excluding carboxylic acids is 3. The van der Waals surface area contributed by atoms with Crippen LogP contribution in [0.25, 0.3) is 11.2 Å². The van der Waals surface area contributed by atoms with Crippen LogP contribution in [0.3, 0.4) is 0 Å². The summed E-state index contributed by atoms with van der Waals surface area (Å²) in [4.78, 5) is 36.9. The number of furan rings is 2. The number of esters is 3. The van der Waals surface area contributed by atoms with Gasteiger partial charge in [-0.05, 0) is 12.8 Å². The third-order valence-corrected chi connectivity index (χ3v) is 6.28. The number of alkyl halides is 3. The molecule has 1 atom stereocenters. The van der Waals surface area contributed by atoms with E-state index in [-0.39, 0.29) is 17.1 Å². The zero-order chi connectivity index (χ0) is 23.4. The Morgan fingerprint density at radius 2 is 1.84 bits per heavy atom. The number of fused-ring (bicyclic) bond motifs is 1. The number of rotatable bonds is 7. The molecule has 1 unspecified atom stereocenters. The maximum absolute atomic E-state index is 13.6. The molecule has 0 aromatic carbocycles. The van der Waals surface area contributed by atoms with Gasteiger partial charge in [0.05, 0.1) is 5.92 Å². The summed E-state index contributed by atoms with van der Waals surface area (Å²) in [6, 6.07) is 0. The number of hydrogen-bond donors (Lipinski definition) is 1. The molecule has 3 heterocycles. The van der Waals surface area contributed by atoms with Gasteiger partial charge in [0.1, 0.15) is 17.7 Å². The first-order chi connectivity index (χ1) is 14.9. The van der Waals surface area contributed by atoms with Crippen molar-refractivity contribution in [2.75, 3.05) is 6.61 Å². The summed E-state index contributed by atoms with van der Waals surface area (Å²) < 4.78 is 89.8. The fourth-order valence-electron chi connectivity index (χ4n) is 3.68. The van der Waals surface area contributed by atoms with Gasteiger partial charge in [-0.1, -0.05) is 19.3 Å². The summed E-state index contributed by atoms with van der Waals surface area (Å²) in [5.41, 5.74) is -1.72. The second kappa shape index (κ2) is 7.62. The maximum atomic E-state index is 13.6. The molecule has 0 amide bonds. The molecule has 0 radical (unpaired) electrons. The Bertz CT molecular complexity index is 1200. The molecule has 14 heteroatoms. The van der Waals surface area contributed by atoms with Crippen molar-refractivity contribution in [1.29, 1.82) is 0 Å². The lowest BCUT2D eigenvalue weighted by Crippen LogP contribution is -2.41. The van der Waals surface area contributed by atoms with Crippen molar-refractivity contribution >= 4 is 39.2 Å². The van der Waals surface area contributed by atoms with Crippen molar-refractivity contribution in [1.82, 2.24) is 0 Å². The quantitative estimate of drug-likeness (QED) is 0.356. The van der Waals surface area contributed by atoms with Crippen molar-refractivity contribution in [3.8, 4) is 11.5 Å². The molecule has 2 bridgehead atoms. The molecule has 1 aliphatic carbocycles. The molecule has 1 saturated carbocycles. The van der Waals surface area contributed by atoms with Crippen LogP contribution >= 0.6 is 0 Å². The lowest BCUT2D eigenvalue weighted by atomic mass is 9.89. The normalized spacial score (nSPS) is 18.1. The van der Waals surface area contributed by atoms with Crippen LogP contribution in [-0.2, 0) is 19.6 Å². The van der Waals surface area contributed by atoms with E-state index < -0.39 is 68.7 Å². The molecule has 174 valence electrons. The molecular weight excluding hydrogens is 465 g/mol. The van der Waals surface area contributed by atoms with Crippen molar-refractivity contribution in [2.24, 2.45) is 5.92 Å². The van der Waals surface area contributed by atoms with Gasteiger partial charge in [0.25, 0.3) is 0 Å². The Kier molecular flexibility index (Phi) is 5.32. The fraction of sp³-hybridized carbons (Fsp3) is 0.500. The summed E-state index contributed by atoms with van der Waals surface area (Å²) in [5, 5.41) is -5.24. The maximum Gasteiger partial charge on any atom is 0.403 e. The third-order valence-electron chi connectivity index (χ3n) is 5.34. The van der Waals surface area contributed by atoms with Crippen LogP contribution < -0.4 is 9.47 Å². The van der Waals surface area contributed by atoms with Crippen LogP contribution in [0, 0.1) is 5.92 Å². The lowest BCUT2D eigenvalue weighted by Gasteiger charge is -2.19. The Balaban J connectivity index is 1.56. The van der Waals surface area contributed by atoms with E-state index in [2.05, 4.69) is 4.74 Å². The minimum Gasteiger partial charge on any atom is -0.459 e. The molecule has 2 aromatic heterocycles. The average Bonchev–Trinajstić information content (AvgIpc) is 3.35. The van der Waals surface area contributed by atoms with Gasteiger partial charge < -0.3 is 18.6 Å². The minimum atomic E-state index is -6.11. The van der Waals surface area contributed by atoms with E-state index in [0.29, 0.717) is 12.8 Å². The van der Waals surface area contributed by atoms with E-state index in [1.54, 1.807) is 0 Å². The molecule has 0 spiro atoms. The number of ether oxygens (including phenoxy) is 3. The highest BCUT2D eigenvalue weighted by molar-refractivity contribution is 7.86. The number of hydrogen-bond acceptors (Lipinski definition) is 9. The summed E-state index contributed by atoms with van der Waals surface area (Å²) in [5.74, 6) is -4.22. The predicted octanol–water partition coefficient (Wildman–Crippen LogP) is 2.86. The second-order valence-electron chi connectivity index (χ2n) is 7.42. The molecule has 2 aromatic rings. The zero-order valence-corrected chi connectivity index (χ0v) is 16.9. The zero-order valence-electron chi connectivity index (χ0n) is 16.1. The van der Waals surface area contributed by atoms with Crippen LogP contribution in [0.4, 0.5) is 13.2 Å². The highest BCUT2D eigenvalue weighted by atomic mass is 32.2. The molecule has 32 heavy (non-hydrogen) atoms. The van der Waals surface area contributed by atoms with Crippen LogP contribution in [0.5, 0.6) is 11.5 Å². The van der Waals surface area contributed by atoms with Crippen molar-refractivity contribution in [2.45, 2.75) is 43.5 Å². The van der Waals surface area contributed by atoms with Gasteiger partial charge in [0.15, 0.2) is 11.2 Å². The first-order valence-corrected chi connectivity index (χ1v) is 10.9. The van der Waals surface area contributed by atoms with Crippen LogP contribution in [0.15, 0.2) is 4.42 Å². The minimum absolute atomic E-state index is 0.220. The predicted molar refractivity (Wildman–Crippen MR) is 96.2 cm³/mol. The Hall–Kier alpha value is -2.87. The molecule has 1 fully saturated rings. The highest BCUT2D eigenvalue weighted by Gasteiger charge is 2.53. The summed E-state index contributed by atoms with van der Waals surface area (Å²) >= 11 is 0. The van der Waals surface area contributed by atoms with Crippen molar-refractivity contribution in [3.63, 3.8) is 0 Å². The second-order valence-corrected chi connectivity index (χ2v) is 8.91. The monoisotopic (exact) mass is 480 g/mol. The number of benzene rings is 1. The first-order valence-electron chi connectivity index (χ1n) is 9.45. The Morgan fingerprint density at radius 1 is 1.19 bits per heavy atom. The molecule has 10 nitrogen and oxygen atoms in total. The van der Waals surface area contributed by atoms with E-state index in [1.807, 2.05) is 0 Å². The van der Waals surface area contributed by atoms with Gasteiger partial charge in [0.2, 0.25) is 17.7 Å². The first kappa shape index (κ1) is 22.3. The smallest absolute Gasteiger partial charge is 0.403 e. The fourth-order valence-corrected chi connectivity index (χ4v) is 4.07. The molecule has 2 aliphatic rings. The number of carbonyl (C=O) groups is 3.